The van der Waals surface area contributed by atoms with E-state index in [-0.39, 0.29) is 17.5 Å². The second-order valence-corrected chi connectivity index (χ2v) is 5.26. The van der Waals surface area contributed by atoms with Crippen molar-refractivity contribution in [2.24, 2.45) is 0 Å². The van der Waals surface area contributed by atoms with E-state index >= 15 is 0 Å². The van der Waals surface area contributed by atoms with Gasteiger partial charge in [0.05, 0.1) is 11.4 Å². The monoisotopic (exact) mass is 358 g/mol. The van der Waals surface area contributed by atoms with Gasteiger partial charge in [-0.3, -0.25) is 10.1 Å². The zero-order valence-electron chi connectivity index (χ0n) is 13.6. The number of tetrazole rings is 1. The molecule has 0 saturated carbocycles. The number of nitrogens with zero attached hydrogens (tertiary/aromatic N) is 7. The van der Waals surface area contributed by atoms with Gasteiger partial charge in [-0.1, -0.05) is 24.3 Å². The fourth-order valence-corrected chi connectivity index (χ4v) is 2.31. The number of nitrogens with one attached hydrogen (secondary N) is 1. The smallest absolute Gasteiger partial charge is 0.302 e. The molecule has 0 fully saturated rings. The van der Waals surface area contributed by atoms with Gasteiger partial charge < -0.3 is 4.42 Å². The van der Waals surface area contributed by atoms with Crippen LogP contribution in [0.15, 0.2) is 59.2 Å². The molecule has 3 heterocycles. The lowest BCUT2D eigenvalue weighted by Gasteiger charge is -2.03. The second kappa shape index (κ2) is 6.85. The Kier molecular flexibility index (Phi) is 4.08. The summed E-state index contributed by atoms with van der Waals surface area (Å²) in [7, 11) is 0. The fourth-order valence-electron chi connectivity index (χ4n) is 2.31. The summed E-state index contributed by atoms with van der Waals surface area (Å²) in [6.45, 7) is 0. The van der Waals surface area contributed by atoms with Gasteiger partial charge >= 0.3 is 6.01 Å². The number of nitriles is 1. The lowest BCUT2D eigenvalue weighted by molar-refractivity contribution is 0.101. The van der Waals surface area contributed by atoms with Crippen LogP contribution in [0.2, 0.25) is 0 Å². The van der Waals surface area contributed by atoms with Crippen LogP contribution >= 0.6 is 0 Å². The van der Waals surface area contributed by atoms with Crippen LogP contribution in [-0.4, -0.2) is 36.1 Å². The van der Waals surface area contributed by atoms with Gasteiger partial charge in [0.25, 0.3) is 5.91 Å². The molecule has 0 aliphatic carbocycles. The van der Waals surface area contributed by atoms with Crippen molar-refractivity contribution >= 4 is 11.9 Å². The topological polar surface area (TPSA) is 135 Å². The molecule has 0 saturated heterocycles. The highest BCUT2D eigenvalue weighted by Gasteiger charge is 2.19. The van der Waals surface area contributed by atoms with Gasteiger partial charge in [-0.15, -0.1) is 5.10 Å². The number of aromatic nitrogens is 6. The van der Waals surface area contributed by atoms with Gasteiger partial charge in [-0.05, 0) is 34.7 Å². The van der Waals surface area contributed by atoms with Crippen LogP contribution in [-0.2, 0) is 0 Å². The van der Waals surface area contributed by atoms with Crippen molar-refractivity contribution in [1.82, 2.24) is 30.2 Å². The van der Waals surface area contributed by atoms with Crippen molar-refractivity contribution in [2.75, 3.05) is 5.32 Å². The molecule has 1 aromatic carbocycles. The lowest BCUT2D eigenvalue weighted by atomic mass is 10.2. The Labute approximate surface area is 152 Å². The maximum Gasteiger partial charge on any atom is 0.302 e. The van der Waals surface area contributed by atoms with E-state index in [0.717, 1.165) is 0 Å². The van der Waals surface area contributed by atoms with Crippen LogP contribution in [0.3, 0.4) is 0 Å². The first-order chi connectivity index (χ1) is 13.2. The number of carbonyl (C=O) groups excluding carboxylic acids is 1. The normalized spacial score (nSPS) is 10.3. The molecule has 0 bridgehead atoms. The molecule has 130 valence electrons. The number of rotatable bonds is 4. The first-order valence-corrected chi connectivity index (χ1v) is 7.73. The van der Waals surface area contributed by atoms with Crippen LogP contribution in [0.4, 0.5) is 6.01 Å². The summed E-state index contributed by atoms with van der Waals surface area (Å²) in [4.78, 5) is 20.8. The van der Waals surface area contributed by atoms with Gasteiger partial charge in [-0.2, -0.15) is 14.9 Å². The third-order valence-electron chi connectivity index (χ3n) is 3.52. The molecule has 4 aromatic rings. The zero-order valence-corrected chi connectivity index (χ0v) is 13.6. The van der Waals surface area contributed by atoms with Crippen LogP contribution in [0.25, 0.3) is 17.1 Å². The number of para-hydroxylation sites is 1. The number of amides is 1. The first-order valence-electron chi connectivity index (χ1n) is 7.73. The zero-order chi connectivity index (χ0) is 18.6. The van der Waals surface area contributed by atoms with Crippen LogP contribution in [0.5, 0.6) is 0 Å². The highest BCUT2D eigenvalue weighted by Crippen LogP contribution is 2.19. The summed E-state index contributed by atoms with van der Waals surface area (Å²) in [5, 5.41) is 22.5. The summed E-state index contributed by atoms with van der Waals surface area (Å²) >= 11 is 0. The van der Waals surface area contributed by atoms with Crippen molar-refractivity contribution in [1.29, 1.82) is 5.26 Å². The number of pyridine rings is 1. The lowest BCUT2D eigenvalue weighted by Crippen LogP contribution is -2.18. The van der Waals surface area contributed by atoms with Gasteiger partial charge in [0.15, 0.2) is 0 Å². The average Bonchev–Trinajstić information content (AvgIpc) is 3.38. The highest BCUT2D eigenvalue weighted by molar-refractivity contribution is 6.00. The standard InChI is InChI=1S/C17H10N8O2/c18-9-11-5-4-8-13(19-11)14-10-27-17(20-14)21-16(26)15-22-23-24-25(15)12-6-2-1-3-7-12/h1-8,10H,(H,20,21,26). The predicted octanol–water partition coefficient (Wildman–Crippen LogP) is 1.84. The van der Waals surface area contributed by atoms with Crippen molar-refractivity contribution in [3.63, 3.8) is 0 Å². The number of hydrogen-bond donors (Lipinski definition) is 1. The van der Waals surface area contributed by atoms with E-state index < -0.39 is 5.91 Å². The number of carbonyl (C=O) groups is 1. The van der Waals surface area contributed by atoms with Crippen molar-refractivity contribution in [3.8, 4) is 23.1 Å². The van der Waals surface area contributed by atoms with E-state index in [1.54, 1.807) is 42.5 Å². The van der Waals surface area contributed by atoms with Crippen LogP contribution in [0.1, 0.15) is 16.3 Å². The Bertz CT molecular complexity index is 1140. The molecule has 3 aromatic heterocycles. The maximum absolute atomic E-state index is 12.5. The summed E-state index contributed by atoms with van der Waals surface area (Å²) < 4.78 is 6.57. The summed E-state index contributed by atoms with van der Waals surface area (Å²) in [6, 6.07) is 15.8. The van der Waals surface area contributed by atoms with E-state index in [1.807, 2.05) is 12.1 Å². The third-order valence-corrected chi connectivity index (χ3v) is 3.52. The van der Waals surface area contributed by atoms with Crippen molar-refractivity contribution in [3.05, 3.63) is 66.3 Å². The maximum atomic E-state index is 12.5. The van der Waals surface area contributed by atoms with Crippen LogP contribution < -0.4 is 5.32 Å². The number of oxazole rings is 1. The molecular formula is C17H10N8O2. The molecule has 0 spiro atoms. The van der Waals surface area contributed by atoms with Crippen molar-refractivity contribution < 1.29 is 9.21 Å². The predicted molar refractivity (Wildman–Crippen MR) is 91.6 cm³/mol. The number of benzene rings is 1. The van der Waals surface area contributed by atoms with E-state index in [0.29, 0.717) is 17.1 Å². The molecule has 1 amide bonds. The molecule has 10 heteroatoms. The summed E-state index contributed by atoms with van der Waals surface area (Å²) in [6.07, 6.45) is 1.33. The quantitative estimate of drug-likeness (QED) is 0.583. The highest BCUT2D eigenvalue weighted by atomic mass is 16.4. The summed E-state index contributed by atoms with van der Waals surface area (Å²) in [5.74, 6) is -0.610. The Hall–Kier alpha value is -4.39. The number of anilines is 1. The first kappa shape index (κ1) is 16.1. The van der Waals surface area contributed by atoms with E-state index in [2.05, 4.69) is 30.8 Å². The molecule has 0 unspecified atom stereocenters. The van der Waals surface area contributed by atoms with Gasteiger partial charge in [0.2, 0.25) is 5.82 Å². The molecule has 0 aliphatic rings. The van der Waals surface area contributed by atoms with Gasteiger partial charge in [0.1, 0.15) is 23.7 Å². The third kappa shape index (κ3) is 3.24. The molecule has 0 atom stereocenters. The van der Waals surface area contributed by atoms with E-state index in [9.17, 15) is 4.79 Å². The molecule has 1 N–H and O–H groups in total. The number of hydrogen-bond acceptors (Lipinski definition) is 8. The van der Waals surface area contributed by atoms with Crippen molar-refractivity contribution in [2.45, 2.75) is 0 Å². The second-order valence-electron chi connectivity index (χ2n) is 5.26. The average molecular weight is 358 g/mol. The summed E-state index contributed by atoms with van der Waals surface area (Å²) in [5.41, 5.74) is 1.72. The Morgan fingerprint density at radius 1 is 1.07 bits per heavy atom. The largest absolute Gasteiger partial charge is 0.431 e. The Balaban J connectivity index is 1.56. The van der Waals surface area contributed by atoms with Crippen LogP contribution in [0, 0.1) is 11.3 Å². The Morgan fingerprint density at radius 3 is 2.74 bits per heavy atom. The molecular weight excluding hydrogens is 348 g/mol. The van der Waals surface area contributed by atoms with Gasteiger partial charge in [0, 0.05) is 0 Å². The molecule has 0 aliphatic heterocycles. The minimum absolute atomic E-state index is 0.0226. The van der Waals surface area contributed by atoms with E-state index in [4.69, 9.17) is 9.68 Å². The fraction of sp³-hybridized carbons (Fsp3) is 0. The molecule has 10 nitrogen and oxygen atoms in total. The molecule has 27 heavy (non-hydrogen) atoms. The minimum Gasteiger partial charge on any atom is -0.431 e. The van der Waals surface area contributed by atoms with E-state index in [1.165, 1.54) is 10.9 Å². The molecule has 4 rings (SSSR count). The minimum atomic E-state index is -0.587. The Morgan fingerprint density at radius 2 is 1.93 bits per heavy atom. The van der Waals surface area contributed by atoms with Gasteiger partial charge in [-0.25, -0.2) is 4.98 Å². The molecule has 0 radical (unpaired) electrons. The SMILES string of the molecule is N#Cc1cccc(-c2coc(NC(=O)c3nnnn3-c3ccccc3)n2)n1.